The van der Waals surface area contributed by atoms with Crippen LogP contribution in [0.4, 0.5) is 0 Å². The van der Waals surface area contributed by atoms with E-state index in [4.69, 9.17) is 0 Å². The average Bonchev–Trinajstić information content (AvgIpc) is 3.12. The Morgan fingerprint density at radius 1 is 0.640 bits per heavy atom. The Morgan fingerprint density at radius 2 is 1.04 bits per heavy atom. The Hall–Kier alpha value is -2.93. The Labute approximate surface area is 148 Å². The molecule has 0 heterocycles. The molecule has 3 aromatic rings. The maximum atomic E-state index is 12.9. The second kappa shape index (κ2) is 6.52. The molecule has 1 aliphatic carbocycles. The minimum Gasteiger partial charge on any atom is -0.294 e. The third-order valence-corrected chi connectivity index (χ3v) is 5.21. The number of benzene rings is 3. The molecule has 0 radical (unpaired) electrons. The summed E-state index contributed by atoms with van der Waals surface area (Å²) < 4.78 is 0. The first-order valence-corrected chi connectivity index (χ1v) is 8.70. The largest absolute Gasteiger partial charge is 0.294 e. The SMILES string of the molecule is O=C1C=CCC1C(c1ccccc1)(c1ccccc1)c1ccccc1. The Balaban J connectivity index is 2.07. The van der Waals surface area contributed by atoms with Gasteiger partial charge < -0.3 is 0 Å². The second-order valence-corrected chi connectivity index (χ2v) is 6.50. The van der Waals surface area contributed by atoms with E-state index in [0.717, 1.165) is 23.1 Å². The first kappa shape index (κ1) is 15.6. The van der Waals surface area contributed by atoms with E-state index in [-0.39, 0.29) is 11.7 Å². The van der Waals surface area contributed by atoms with Crippen LogP contribution in [0.15, 0.2) is 103 Å². The van der Waals surface area contributed by atoms with Crippen LogP contribution >= 0.6 is 0 Å². The second-order valence-electron chi connectivity index (χ2n) is 6.50. The average molecular weight is 324 g/mol. The van der Waals surface area contributed by atoms with Crippen molar-refractivity contribution in [1.82, 2.24) is 0 Å². The standard InChI is InChI=1S/C24H20O/c25-23-18-10-17-22(23)24(19-11-4-1-5-12-19,20-13-6-2-7-14-20)21-15-8-3-9-16-21/h1-16,18,22H,17H2. The molecule has 1 heteroatoms. The zero-order chi connectivity index (χ0) is 17.1. The summed E-state index contributed by atoms with van der Waals surface area (Å²) in [6.45, 7) is 0. The summed E-state index contributed by atoms with van der Waals surface area (Å²) in [5.74, 6) is 0.0799. The van der Waals surface area contributed by atoms with Crippen LogP contribution in [0, 0.1) is 5.92 Å². The maximum absolute atomic E-state index is 12.9. The fourth-order valence-corrected chi connectivity index (χ4v) is 4.15. The first-order chi connectivity index (χ1) is 12.3. The number of rotatable bonds is 4. The quantitative estimate of drug-likeness (QED) is 0.605. The first-order valence-electron chi connectivity index (χ1n) is 8.70. The molecular formula is C24H20O. The third-order valence-electron chi connectivity index (χ3n) is 5.21. The van der Waals surface area contributed by atoms with Gasteiger partial charge in [-0.25, -0.2) is 0 Å². The summed E-state index contributed by atoms with van der Waals surface area (Å²) in [4.78, 5) is 12.9. The zero-order valence-corrected chi connectivity index (χ0v) is 14.0. The van der Waals surface area contributed by atoms with Crippen LogP contribution in [0.1, 0.15) is 23.1 Å². The number of ketones is 1. The molecule has 0 aliphatic heterocycles. The number of carbonyl (C=O) groups excluding carboxylic acids is 1. The molecule has 0 saturated carbocycles. The van der Waals surface area contributed by atoms with Gasteiger partial charge in [0.2, 0.25) is 0 Å². The van der Waals surface area contributed by atoms with Crippen LogP contribution in [0.2, 0.25) is 0 Å². The lowest BCUT2D eigenvalue weighted by Crippen LogP contribution is -2.40. The van der Waals surface area contributed by atoms with Gasteiger partial charge in [-0.2, -0.15) is 0 Å². The number of carbonyl (C=O) groups is 1. The summed E-state index contributed by atoms with van der Waals surface area (Å²) in [6.07, 6.45) is 4.52. The van der Waals surface area contributed by atoms with E-state index in [1.807, 2.05) is 24.3 Å². The van der Waals surface area contributed by atoms with E-state index >= 15 is 0 Å². The molecular weight excluding hydrogens is 304 g/mol. The molecule has 0 bridgehead atoms. The van der Waals surface area contributed by atoms with Gasteiger partial charge in [0.25, 0.3) is 0 Å². The fourth-order valence-electron chi connectivity index (χ4n) is 4.15. The molecule has 3 aromatic carbocycles. The van der Waals surface area contributed by atoms with Gasteiger partial charge in [-0.1, -0.05) is 97.1 Å². The molecule has 0 N–H and O–H groups in total. The highest BCUT2D eigenvalue weighted by Crippen LogP contribution is 2.48. The minimum absolute atomic E-state index is 0.125. The molecule has 1 nitrogen and oxygen atoms in total. The maximum Gasteiger partial charge on any atom is 0.160 e. The normalized spacial score (nSPS) is 17.0. The monoisotopic (exact) mass is 324 g/mol. The van der Waals surface area contributed by atoms with E-state index in [0.29, 0.717) is 0 Å². The molecule has 1 atom stereocenters. The number of hydrogen-bond acceptors (Lipinski definition) is 1. The highest BCUT2D eigenvalue weighted by atomic mass is 16.1. The van der Waals surface area contributed by atoms with Gasteiger partial charge in [-0.05, 0) is 29.2 Å². The van der Waals surface area contributed by atoms with Gasteiger partial charge in [0, 0.05) is 5.92 Å². The van der Waals surface area contributed by atoms with Crippen molar-refractivity contribution in [2.24, 2.45) is 5.92 Å². The Bertz CT molecular complexity index is 782. The van der Waals surface area contributed by atoms with E-state index < -0.39 is 5.41 Å². The van der Waals surface area contributed by atoms with Gasteiger partial charge in [-0.15, -0.1) is 0 Å². The van der Waals surface area contributed by atoms with Gasteiger partial charge in [-0.3, -0.25) is 4.79 Å². The summed E-state index contributed by atoms with van der Waals surface area (Å²) in [6, 6.07) is 31.3. The Kier molecular flexibility index (Phi) is 4.07. The van der Waals surface area contributed by atoms with Crippen molar-refractivity contribution in [3.8, 4) is 0 Å². The molecule has 1 aliphatic rings. The van der Waals surface area contributed by atoms with Crippen molar-refractivity contribution in [1.29, 1.82) is 0 Å². The lowest BCUT2D eigenvalue weighted by molar-refractivity contribution is -0.118. The third kappa shape index (κ3) is 2.53. The molecule has 0 spiro atoms. The van der Waals surface area contributed by atoms with Gasteiger partial charge in [0.1, 0.15) is 0 Å². The summed E-state index contributed by atoms with van der Waals surface area (Å²) in [5, 5.41) is 0. The molecule has 4 rings (SSSR count). The van der Waals surface area contributed by atoms with Crippen molar-refractivity contribution < 1.29 is 4.79 Å². The Morgan fingerprint density at radius 3 is 1.36 bits per heavy atom. The van der Waals surface area contributed by atoms with Crippen LogP contribution < -0.4 is 0 Å². The summed E-state index contributed by atoms with van der Waals surface area (Å²) >= 11 is 0. The molecule has 0 fully saturated rings. The molecule has 0 aromatic heterocycles. The van der Waals surface area contributed by atoms with Crippen molar-refractivity contribution in [3.63, 3.8) is 0 Å². The van der Waals surface area contributed by atoms with Crippen LogP contribution in [0.3, 0.4) is 0 Å². The lowest BCUT2D eigenvalue weighted by Gasteiger charge is -2.40. The van der Waals surface area contributed by atoms with Gasteiger partial charge in [0.05, 0.1) is 5.41 Å². The van der Waals surface area contributed by atoms with Crippen LogP contribution in [-0.4, -0.2) is 5.78 Å². The highest BCUT2D eigenvalue weighted by molar-refractivity contribution is 5.96. The predicted octanol–water partition coefficient (Wildman–Crippen LogP) is 5.17. The molecule has 1 unspecified atom stereocenters. The molecule has 0 amide bonds. The van der Waals surface area contributed by atoms with Crippen molar-refractivity contribution in [2.75, 3.05) is 0 Å². The van der Waals surface area contributed by atoms with E-state index in [1.165, 1.54) is 0 Å². The molecule has 0 saturated heterocycles. The van der Waals surface area contributed by atoms with Crippen LogP contribution in [0.25, 0.3) is 0 Å². The van der Waals surface area contributed by atoms with Crippen LogP contribution in [0.5, 0.6) is 0 Å². The molecule has 122 valence electrons. The number of hydrogen-bond donors (Lipinski definition) is 0. The summed E-state index contributed by atoms with van der Waals surface area (Å²) in [5.41, 5.74) is 3.00. The highest BCUT2D eigenvalue weighted by Gasteiger charge is 2.47. The van der Waals surface area contributed by atoms with Crippen molar-refractivity contribution in [2.45, 2.75) is 11.8 Å². The van der Waals surface area contributed by atoms with Gasteiger partial charge in [0.15, 0.2) is 5.78 Å². The van der Waals surface area contributed by atoms with Gasteiger partial charge >= 0.3 is 0 Å². The lowest BCUT2D eigenvalue weighted by atomic mass is 9.61. The topological polar surface area (TPSA) is 17.1 Å². The van der Waals surface area contributed by atoms with E-state index in [2.05, 4.69) is 72.8 Å². The smallest absolute Gasteiger partial charge is 0.160 e. The fraction of sp³-hybridized carbons (Fsp3) is 0.125. The van der Waals surface area contributed by atoms with Crippen LogP contribution in [-0.2, 0) is 10.2 Å². The molecule has 25 heavy (non-hydrogen) atoms. The minimum atomic E-state index is -0.482. The van der Waals surface area contributed by atoms with E-state index in [9.17, 15) is 4.79 Å². The van der Waals surface area contributed by atoms with Crippen molar-refractivity contribution in [3.05, 3.63) is 120 Å². The van der Waals surface area contributed by atoms with E-state index in [1.54, 1.807) is 6.08 Å². The number of allylic oxidation sites excluding steroid dienone is 2. The summed E-state index contributed by atoms with van der Waals surface area (Å²) in [7, 11) is 0. The predicted molar refractivity (Wildman–Crippen MR) is 101 cm³/mol. The van der Waals surface area contributed by atoms with Crippen molar-refractivity contribution >= 4 is 5.78 Å². The zero-order valence-electron chi connectivity index (χ0n) is 14.0.